The van der Waals surface area contributed by atoms with Crippen LogP contribution in [-0.4, -0.2) is 23.3 Å². The highest BCUT2D eigenvalue weighted by molar-refractivity contribution is 6.33. The first-order valence-corrected chi connectivity index (χ1v) is 9.76. The Balaban J connectivity index is 1.39. The van der Waals surface area contributed by atoms with Gasteiger partial charge in [0.2, 0.25) is 0 Å². The molecule has 2 saturated heterocycles. The number of nitrogens with one attached hydrogen (secondary N) is 1. The summed E-state index contributed by atoms with van der Waals surface area (Å²) in [5.74, 6) is 1.51. The average Bonchev–Trinajstić information content (AvgIpc) is 3.30. The van der Waals surface area contributed by atoms with Gasteiger partial charge in [-0.05, 0) is 44.6 Å². The fraction of sp³-hybridized carbons (Fsp3) is 0.550. The van der Waals surface area contributed by atoms with E-state index < -0.39 is 0 Å². The van der Waals surface area contributed by atoms with E-state index in [9.17, 15) is 0 Å². The van der Waals surface area contributed by atoms with Gasteiger partial charge in [0.25, 0.3) is 0 Å². The van der Waals surface area contributed by atoms with Gasteiger partial charge in [-0.25, -0.2) is 0 Å². The monoisotopic (exact) mass is 358 g/mol. The van der Waals surface area contributed by atoms with Crippen molar-refractivity contribution in [1.29, 1.82) is 0 Å². The molecule has 2 aliphatic heterocycles. The maximum Gasteiger partial charge on any atom is 0.145 e. The predicted molar refractivity (Wildman–Crippen MR) is 96.7 cm³/mol. The van der Waals surface area contributed by atoms with E-state index in [1.165, 1.54) is 25.7 Å². The highest BCUT2D eigenvalue weighted by atomic mass is 35.5. The second kappa shape index (κ2) is 6.42. The predicted octanol–water partition coefficient (Wildman–Crippen LogP) is 4.67. The van der Waals surface area contributed by atoms with E-state index >= 15 is 0 Å². The van der Waals surface area contributed by atoms with Gasteiger partial charge >= 0.3 is 0 Å². The van der Waals surface area contributed by atoms with E-state index in [1.54, 1.807) is 0 Å². The lowest BCUT2D eigenvalue weighted by Crippen LogP contribution is -2.41. The lowest BCUT2D eigenvalue weighted by atomic mass is 10.0. The second-order valence-corrected chi connectivity index (χ2v) is 8.08. The third-order valence-corrected chi connectivity index (χ3v) is 6.12. The molecule has 3 fully saturated rings. The van der Waals surface area contributed by atoms with E-state index in [0.29, 0.717) is 35.7 Å². The van der Waals surface area contributed by atoms with Crippen molar-refractivity contribution in [3.8, 4) is 11.3 Å². The van der Waals surface area contributed by atoms with E-state index in [4.69, 9.17) is 20.9 Å². The molecule has 3 heterocycles. The number of benzene rings is 1. The van der Waals surface area contributed by atoms with Crippen LogP contribution in [0, 0.1) is 0 Å². The number of nitrogens with zero attached hydrogens (tertiary/aromatic N) is 1. The van der Waals surface area contributed by atoms with Crippen molar-refractivity contribution >= 4 is 11.6 Å². The minimum atomic E-state index is 0.333. The molecule has 4 nitrogen and oxygen atoms in total. The van der Waals surface area contributed by atoms with Crippen molar-refractivity contribution in [3.63, 3.8) is 0 Å². The van der Waals surface area contributed by atoms with Crippen molar-refractivity contribution in [2.75, 3.05) is 0 Å². The van der Waals surface area contributed by atoms with Crippen LogP contribution in [-0.2, 0) is 11.3 Å². The fourth-order valence-electron chi connectivity index (χ4n) is 4.33. The van der Waals surface area contributed by atoms with Gasteiger partial charge in [0.15, 0.2) is 0 Å². The number of ether oxygens (including phenoxy) is 1. The van der Waals surface area contributed by atoms with Crippen LogP contribution in [0.5, 0.6) is 0 Å². The van der Waals surface area contributed by atoms with Crippen LogP contribution >= 0.6 is 11.6 Å². The third-order valence-electron chi connectivity index (χ3n) is 5.79. The lowest BCUT2D eigenvalue weighted by molar-refractivity contribution is 0.00876. The molecule has 3 aliphatic rings. The van der Waals surface area contributed by atoms with E-state index in [2.05, 4.69) is 10.5 Å². The van der Waals surface area contributed by atoms with Crippen LogP contribution in [0.25, 0.3) is 11.3 Å². The SMILES string of the molecule is Clc1ccccc1-c1noc(C2CC2)c1COC1CC2CCC(C1)N2. The van der Waals surface area contributed by atoms with Gasteiger partial charge < -0.3 is 14.6 Å². The first-order chi connectivity index (χ1) is 12.3. The molecule has 5 rings (SSSR count). The largest absolute Gasteiger partial charge is 0.373 e. The summed E-state index contributed by atoms with van der Waals surface area (Å²) in [6.07, 6.45) is 7.50. The van der Waals surface area contributed by atoms with E-state index in [1.807, 2.05) is 24.3 Å². The molecule has 1 aromatic carbocycles. The van der Waals surface area contributed by atoms with Gasteiger partial charge in [0, 0.05) is 29.1 Å². The molecule has 2 bridgehead atoms. The average molecular weight is 359 g/mol. The number of hydrogen-bond donors (Lipinski definition) is 1. The van der Waals surface area contributed by atoms with Crippen LogP contribution in [0.3, 0.4) is 0 Å². The Morgan fingerprint density at radius 2 is 1.88 bits per heavy atom. The van der Waals surface area contributed by atoms with Crippen molar-refractivity contribution in [2.45, 2.75) is 69.2 Å². The number of rotatable bonds is 5. The molecule has 0 spiro atoms. The van der Waals surface area contributed by atoms with Gasteiger partial charge in [0.1, 0.15) is 11.5 Å². The zero-order valence-electron chi connectivity index (χ0n) is 14.2. The zero-order valence-corrected chi connectivity index (χ0v) is 15.0. The molecular formula is C20H23ClN2O2. The quantitative estimate of drug-likeness (QED) is 0.843. The Kier molecular flexibility index (Phi) is 4.07. The summed E-state index contributed by atoms with van der Waals surface area (Å²) in [7, 11) is 0. The molecule has 132 valence electrons. The van der Waals surface area contributed by atoms with Gasteiger partial charge in [0.05, 0.1) is 17.7 Å². The van der Waals surface area contributed by atoms with Crippen LogP contribution < -0.4 is 5.32 Å². The minimum absolute atomic E-state index is 0.333. The Hall–Kier alpha value is -1.36. The van der Waals surface area contributed by atoms with Crippen LogP contribution in [0.2, 0.25) is 5.02 Å². The molecule has 1 aliphatic carbocycles. The molecule has 1 N–H and O–H groups in total. The molecule has 0 amide bonds. The lowest BCUT2D eigenvalue weighted by Gasteiger charge is -2.29. The number of aromatic nitrogens is 1. The first kappa shape index (κ1) is 15.9. The van der Waals surface area contributed by atoms with Gasteiger partial charge in [-0.2, -0.15) is 0 Å². The standard InChI is InChI=1S/C20H23ClN2O2/c21-18-4-2-1-3-16(18)19-17(20(25-23-19)12-5-6-12)11-24-15-9-13-7-8-14(10-15)22-13/h1-4,12-15,22H,5-11H2. The first-order valence-electron chi connectivity index (χ1n) is 9.39. The van der Waals surface area contributed by atoms with E-state index in [0.717, 1.165) is 35.4 Å². The fourth-order valence-corrected chi connectivity index (χ4v) is 4.56. The summed E-state index contributed by atoms with van der Waals surface area (Å²) in [5, 5.41) is 8.74. The van der Waals surface area contributed by atoms with Crippen LogP contribution in [0.1, 0.15) is 55.8 Å². The molecule has 1 aromatic heterocycles. The summed E-state index contributed by atoms with van der Waals surface area (Å²) < 4.78 is 12.1. The van der Waals surface area contributed by atoms with Crippen molar-refractivity contribution in [1.82, 2.24) is 10.5 Å². The number of halogens is 1. The van der Waals surface area contributed by atoms with E-state index in [-0.39, 0.29) is 0 Å². The Bertz CT molecular complexity index is 759. The summed E-state index contributed by atoms with van der Waals surface area (Å²) in [4.78, 5) is 0. The van der Waals surface area contributed by atoms with Crippen molar-refractivity contribution in [2.24, 2.45) is 0 Å². The Morgan fingerprint density at radius 3 is 2.60 bits per heavy atom. The molecular weight excluding hydrogens is 336 g/mol. The summed E-state index contributed by atoms with van der Waals surface area (Å²) >= 11 is 6.40. The normalized spacial score (nSPS) is 28.4. The van der Waals surface area contributed by atoms with Gasteiger partial charge in [-0.15, -0.1) is 0 Å². The molecule has 2 unspecified atom stereocenters. The van der Waals surface area contributed by atoms with Crippen LogP contribution in [0.15, 0.2) is 28.8 Å². The topological polar surface area (TPSA) is 47.3 Å². The van der Waals surface area contributed by atoms with Gasteiger partial charge in [-0.1, -0.05) is 35.0 Å². The minimum Gasteiger partial charge on any atom is -0.373 e. The number of piperidine rings is 1. The van der Waals surface area contributed by atoms with Crippen molar-refractivity contribution in [3.05, 3.63) is 40.6 Å². The molecule has 25 heavy (non-hydrogen) atoms. The zero-order chi connectivity index (χ0) is 16.8. The summed E-state index contributed by atoms with van der Waals surface area (Å²) in [5.41, 5.74) is 2.88. The Labute approximate surface area is 152 Å². The highest BCUT2D eigenvalue weighted by Crippen LogP contribution is 2.45. The maximum absolute atomic E-state index is 6.40. The third kappa shape index (κ3) is 3.12. The summed E-state index contributed by atoms with van der Waals surface area (Å²) in [6, 6.07) is 9.11. The van der Waals surface area contributed by atoms with Crippen LogP contribution in [0.4, 0.5) is 0 Å². The molecule has 2 aromatic rings. The number of hydrogen-bond acceptors (Lipinski definition) is 4. The number of fused-ring (bicyclic) bond motifs is 2. The smallest absolute Gasteiger partial charge is 0.145 e. The molecule has 1 saturated carbocycles. The summed E-state index contributed by atoms with van der Waals surface area (Å²) in [6.45, 7) is 0.569. The molecule has 0 radical (unpaired) electrons. The van der Waals surface area contributed by atoms with Crippen molar-refractivity contribution < 1.29 is 9.26 Å². The second-order valence-electron chi connectivity index (χ2n) is 7.67. The van der Waals surface area contributed by atoms with Gasteiger partial charge in [-0.3, -0.25) is 0 Å². The maximum atomic E-state index is 6.40. The Morgan fingerprint density at radius 1 is 1.12 bits per heavy atom. The molecule has 5 heteroatoms. The highest BCUT2D eigenvalue weighted by Gasteiger charge is 2.36. The molecule has 2 atom stereocenters.